The van der Waals surface area contributed by atoms with Gasteiger partial charge < -0.3 is 14.6 Å². The number of fused-ring (bicyclic) bond motifs is 1. The third kappa shape index (κ3) is 4.76. The number of hydrogen-bond donors (Lipinski definition) is 1. The van der Waals surface area contributed by atoms with Gasteiger partial charge in [-0.2, -0.15) is 0 Å². The highest BCUT2D eigenvalue weighted by molar-refractivity contribution is 5.95. The number of ether oxygens (including phenoxy) is 2. The first-order chi connectivity index (χ1) is 16.9. The second-order valence-electron chi connectivity index (χ2n) is 9.38. The molecule has 5 rings (SSSR count). The molecular weight excluding hydrogens is 448 g/mol. The number of benzene rings is 3. The molecule has 0 bridgehead atoms. The van der Waals surface area contributed by atoms with Gasteiger partial charge in [-0.1, -0.05) is 24.3 Å². The summed E-state index contributed by atoms with van der Waals surface area (Å²) in [5, 5.41) is 10.3. The fraction of sp³-hybridized carbons (Fsp3) is 0.310. The number of aromatic hydroxyl groups is 1. The van der Waals surface area contributed by atoms with Crippen molar-refractivity contribution in [2.24, 2.45) is 5.92 Å². The van der Waals surface area contributed by atoms with E-state index in [9.17, 15) is 13.9 Å². The number of aryl methyl sites for hydroxylation is 1. The summed E-state index contributed by atoms with van der Waals surface area (Å²) >= 11 is 0. The monoisotopic (exact) mass is 477 g/mol. The highest BCUT2D eigenvalue weighted by Crippen LogP contribution is 2.48. The first kappa shape index (κ1) is 23.4. The molecule has 0 spiro atoms. The summed E-state index contributed by atoms with van der Waals surface area (Å²) in [4.78, 5) is 2.19. The van der Waals surface area contributed by atoms with Crippen LogP contribution in [-0.2, 0) is 0 Å². The van der Waals surface area contributed by atoms with Crippen LogP contribution in [0, 0.1) is 18.7 Å². The molecule has 4 nitrogen and oxygen atoms in total. The fourth-order valence-electron chi connectivity index (χ4n) is 4.81. The molecule has 0 saturated carbocycles. The van der Waals surface area contributed by atoms with Gasteiger partial charge in [0.05, 0.1) is 6.67 Å². The molecule has 0 radical (unpaired) electrons. The number of nitrogens with zero attached hydrogens (tertiary/aromatic N) is 1. The molecule has 3 aromatic rings. The summed E-state index contributed by atoms with van der Waals surface area (Å²) in [6.45, 7) is 6.52. The molecule has 0 amide bonds. The molecule has 1 saturated heterocycles. The van der Waals surface area contributed by atoms with Gasteiger partial charge in [-0.15, -0.1) is 0 Å². The molecule has 35 heavy (non-hydrogen) atoms. The Morgan fingerprint density at radius 3 is 2.43 bits per heavy atom. The minimum absolute atomic E-state index is 0.175. The predicted molar refractivity (Wildman–Crippen MR) is 133 cm³/mol. The van der Waals surface area contributed by atoms with Crippen LogP contribution in [0.2, 0.25) is 0 Å². The summed E-state index contributed by atoms with van der Waals surface area (Å²) in [7, 11) is 0. The van der Waals surface area contributed by atoms with Crippen molar-refractivity contribution in [3.05, 3.63) is 88.7 Å². The van der Waals surface area contributed by atoms with Gasteiger partial charge >= 0.3 is 0 Å². The fourth-order valence-corrected chi connectivity index (χ4v) is 4.81. The quantitative estimate of drug-likeness (QED) is 0.441. The van der Waals surface area contributed by atoms with Crippen molar-refractivity contribution in [3.8, 4) is 17.2 Å². The molecule has 3 aromatic carbocycles. The van der Waals surface area contributed by atoms with Gasteiger partial charge in [0.1, 0.15) is 35.8 Å². The third-order valence-corrected chi connectivity index (χ3v) is 6.88. The van der Waals surface area contributed by atoms with Crippen LogP contribution in [0.3, 0.4) is 0 Å². The van der Waals surface area contributed by atoms with Gasteiger partial charge in [-0.3, -0.25) is 9.29 Å². The van der Waals surface area contributed by atoms with Crippen LogP contribution in [0.5, 0.6) is 17.2 Å². The second-order valence-corrected chi connectivity index (χ2v) is 9.38. The van der Waals surface area contributed by atoms with Crippen molar-refractivity contribution < 1.29 is 23.4 Å². The molecule has 6 heteroatoms. The van der Waals surface area contributed by atoms with Gasteiger partial charge in [0, 0.05) is 36.7 Å². The summed E-state index contributed by atoms with van der Waals surface area (Å²) in [6, 6.07) is 17.8. The van der Waals surface area contributed by atoms with Crippen LogP contribution in [-0.4, -0.2) is 42.9 Å². The lowest BCUT2D eigenvalue weighted by molar-refractivity contribution is 0.0668. The summed E-state index contributed by atoms with van der Waals surface area (Å²) in [5.41, 5.74) is 5.27. The van der Waals surface area contributed by atoms with Crippen molar-refractivity contribution >= 4 is 11.1 Å². The van der Waals surface area contributed by atoms with E-state index in [1.165, 1.54) is 12.1 Å². The van der Waals surface area contributed by atoms with Crippen LogP contribution in [0.1, 0.15) is 35.3 Å². The standard InChI is InChI=1S/C29H29F2NO3/c1-18-13-27-25(14-26(18)33)19(2)28(21-3-7-23(31)8-4-21)29(35-27)22-5-9-24(10-6-22)34-12-11-32-16-20(15-30)17-32/h3-10,13-14,20,29,33H,11-12,15-17H2,1-2H3. The average Bonchev–Trinajstić information content (AvgIpc) is 2.83. The number of halogens is 2. The molecule has 1 unspecified atom stereocenters. The van der Waals surface area contributed by atoms with E-state index in [0.29, 0.717) is 12.4 Å². The van der Waals surface area contributed by atoms with E-state index in [1.54, 1.807) is 18.2 Å². The Bertz CT molecular complexity index is 1230. The Kier molecular flexibility index (Phi) is 6.48. The summed E-state index contributed by atoms with van der Waals surface area (Å²) in [5.74, 6) is 1.55. The van der Waals surface area contributed by atoms with E-state index >= 15 is 0 Å². The van der Waals surface area contributed by atoms with Crippen molar-refractivity contribution in [3.63, 3.8) is 0 Å². The van der Waals surface area contributed by atoms with E-state index in [0.717, 1.165) is 58.8 Å². The van der Waals surface area contributed by atoms with E-state index in [1.807, 2.05) is 44.2 Å². The van der Waals surface area contributed by atoms with Gasteiger partial charge in [0.15, 0.2) is 0 Å². The van der Waals surface area contributed by atoms with Crippen molar-refractivity contribution in [1.82, 2.24) is 4.90 Å². The maximum Gasteiger partial charge on any atom is 0.150 e. The number of allylic oxidation sites excluding steroid dienone is 1. The Morgan fingerprint density at radius 2 is 1.74 bits per heavy atom. The largest absolute Gasteiger partial charge is 0.508 e. The highest BCUT2D eigenvalue weighted by atomic mass is 19.1. The van der Waals surface area contributed by atoms with Crippen LogP contribution in [0.15, 0.2) is 60.7 Å². The molecule has 2 aliphatic heterocycles. The zero-order chi connectivity index (χ0) is 24.5. The molecule has 1 atom stereocenters. The number of alkyl halides is 1. The molecule has 0 aliphatic carbocycles. The number of phenols is 1. The maximum atomic E-state index is 13.7. The molecule has 1 N–H and O–H groups in total. The molecule has 182 valence electrons. The summed E-state index contributed by atoms with van der Waals surface area (Å²) < 4.78 is 38.6. The van der Waals surface area contributed by atoms with Crippen molar-refractivity contribution in [2.45, 2.75) is 20.0 Å². The highest BCUT2D eigenvalue weighted by Gasteiger charge is 2.30. The van der Waals surface area contributed by atoms with Crippen LogP contribution in [0.4, 0.5) is 8.78 Å². The topological polar surface area (TPSA) is 41.9 Å². The SMILES string of the molecule is CC1=C(c2ccc(F)cc2)C(c2ccc(OCCN3CC(CF)C3)cc2)Oc2cc(C)c(O)cc21. The molecule has 2 heterocycles. The lowest BCUT2D eigenvalue weighted by Crippen LogP contribution is -2.49. The first-order valence-corrected chi connectivity index (χ1v) is 11.9. The van der Waals surface area contributed by atoms with E-state index in [2.05, 4.69) is 4.90 Å². The number of rotatable bonds is 7. The first-order valence-electron chi connectivity index (χ1n) is 11.9. The van der Waals surface area contributed by atoms with Gasteiger partial charge in [0.2, 0.25) is 0 Å². The summed E-state index contributed by atoms with van der Waals surface area (Å²) in [6.07, 6.45) is -0.398. The average molecular weight is 478 g/mol. The lowest BCUT2D eigenvalue weighted by atomic mass is 9.86. The van der Waals surface area contributed by atoms with Crippen molar-refractivity contribution in [1.29, 1.82) is 0 Å². The van der Waals surface area contributed by atoms with Gasteiger partial charge in [-0.05, 0) is 72.5 Å². The molecule has 2 aliphatic rings. The zero-order valence-electron chi connectivity index (χ0n) is 19.9. The van der Waals surface area contributed by atoms with E-state index in [-0.39, 0.29) is 24.2 Å². The minimum atomic E-state index is -0.398. The van der Waals surface area contributed by atoms with Crippen LogP contribution >= 0.6 is 0 Å². The Balaban J connectivity index is 1.39. The van der Waals surface area contributed by atoms with Gasteiger partial charge in [0.25, 0.3) is 0 Å². The lowest BCUT2D eigenvalue weighted by Gasteiger charge is -2.37. The molecular formula is C29H29F2NO3. The molecule has 0 aromatic heterocycles. The third-order valence-electron chi connectivity index (χ3n) is 6.88. The van der Waals surface area contributed by atoms with Crippen molar-refractivity contribution in [2.75, 3.05) is 32.9 Å². The Hall–Kier alpha value is -3.38. The number of hydrogen-bond acceptors (Lipinski definition) is 4. The maximum absolute atomic E-state index is 13.7. The Morgan fingerprint density at radius 1 is 1.03 bits per heavy atom. The Labute approximate surface area is 204 Å². The van der Waals surface area contributed by atoms with Crippen LogP contribution in [0.25, 0.3) is 11.1 Å². The smallest absolute Gasteiger partial charge is 0.150 e. The number of likely N-dealkylation sites (tertiary alicyclic amines) is 1. The minimum Gasteiger partial charge on any atom is -0.508 e. The zero-order valence-corrected chi connectivity index (χ0v) is 19.9. The normalized spacial score (nSPS) is 18.1. The van der Waals surface area contributed by atoms with E-state index in [4.69, 9.17) is 9.47 Å². The van der Waals surface area contributed by atoms with Gasteiger partial charge in [-0.25, -0.2) is 4.39 Å². The van der Waals surface area contributed by atoms with Crippen LogP contribution < -0.4 is 9.47 Å². The van der Waals surface area contributed by atoms with E-state index < -0.39 is 6.10 Å². The molecule has 1 fully saturated rings. The second kappa shape index (κ2) is 9.70. The number of phenolic OH excluding ortho intramolecular Hbond substituents is 1. The predicted octanol–water partition coefficient (Wildman–Crippen LogP) is 6.18.